The molecule has 0 aliphatic carbocycles. The summed E-state index contributed by atoms with van der Waals surface area (Å²) in [4.78, 5) is 7.42. The number of hydrogen-bond acceptors (Lipinski definition) is 3. The first-order valence-corrected chi connectivity index (χ1v) is 8.25. The standard InChI is InChI=1S/C17H12AsN5/c18-16-14(12-3-1-2-11(8-12)9-19)10-23(22-16)15-5-7-21-17-13(15)4-6-20-17/h1-8,10H,18H2,(H,20,21). The molecule has 4 aromatic rings. The maximum absolute atomic E-state index is 9.08. The number of rotatable bonds is 2. The Balaban J connectivity index is 1.87. The molecule has 23 heavy (non-hydrogen) atoms. The molecular formula is C17H12AsN5. The summed E-state index contributed by atoms with van der Waals surface area (Å²) in [6.45, 7) is 0. The SMILES string of the molecule is N#Cc1cccc(-c2cn(-c3ccnc4[nH]ccc34)nc2[AsH2])c1. The summed E-state index contributed by atoms with van der Waals surface area (Å²) >= 11 is 1.46. The van der Waals surface area contributed by atoms with Gasteiger partial charge in [0.2, 0.25) is 0 Å². The molecule has 1 aromatic carbocycles. The van der Waals surface area contributed by atoms with Gasteiger partial charge in [0.1, 0.15) is 0 Å². The van der Waals surface area contributed by atoms with Crippen LogP contribution in [0.3, 0.4) is 0 Å². The van der Waals surface area contributed by atoms with Crippen molar-refractivity contribution in [2.24, 2.45) is 0 Å². The molecule has 110 valence electrons. The number of nitriles is 1. The Morgan fingerprint density at radius 3 is 3.00 bits per heavy atom. The molecule has 0 saturated heterocycles. The van der Waals surface area contributed by atoms with Crippen molar-refractivity contribution in [1.82, 2.24) is 19.7 Å². The molecule has 0 radical (unpaired) electrons. The van der Waals surface area contributed by atoms with Crippen molar-refractivity contribution in [2.75, 3.05) is 0 Å². The number of hydrogen-bond donors (Lipinski definition) is 1. The van der Waals surface area contributed by atoms with Gasteiger partial charge < -0.3 is 0 Å². The first-order chi connectivity index (χ1) is 11.3. The summed E-state index contributed by atoms with van der Waals surface area (Å²) in [5.74, 6) is 0. The van der Waals surface area contributed by atoms with E-state index in [-0.39, 0.29) is 0 Å². The molecule has 0 fully saturated rings. The molecule has 0 amide bonds. The van der Waals surface area contributed by atoms with E-state index in [2.05, 4.69) is 21.1 Å². The zero-order chi connectivity index (χ0) is 15.8. The third kappa shape index (κ3) is 2.34. The van der Waals surface area contributed by atoms with Gasteiger partial charge in [-0.25, -0.2) is 0 Å². The van der Waals surface area contributed by atoms with Gasteiger partial charge in [0, 0.05) is 0 Å². The number of aromatic amines is 1. The molecular weight excluding hydrogens is 349 g/mol. The van der Waals surface area contributed by atoms with Crippen LogP contribution in [0.2, 0.25) is 0 Å². The van der Waals surface area contributed by atoms with Crippen molar-refractivity contribution < 1.29 is 0 Å². The van der Waals surface area contributed by atoms with E-state index in [1.807, 2.05) is 47.4 Å². The number of H-pyrrole nitrogens is 1. The van der Waals surface area contributed by atoms with E-state index in [0.717, 1.165) is 32.3 Å². The molecule has 1 atom stereocenters. The molecule has 1 N–H and O–H groups in total. The molecule has 3 heterocycles. The van der Waals surface area contributed by atoms with Crippen LogP contribution in [0.5, 0.6) is 0 Å². The molecule has 0 saturated carbocycles. The predicted octanol–water partition coefficient (Wildman–Crippen LogP) is 1.55. The third-order valence-corrected chi connectivity index (χ3v) is 4.62. The fraction of sp³-hybridized carbons (Fsp3) is 0. The van der Waals surface area contributed by atoms with E-state index >= 15 is 0 Å². The Hall–Kier alpha value is -2.83. The van der Waals surface area contributed by atoms with E-state index in [4.69, 9.17) is 5.26 Å². The van der Waals surface area contributed by atoms with E-state index < -0.39 is 0 Å². The van der Waals surface area contributed by atoms with Gasteiger partial charge in [0.05, 0.1) is 0 Å². The van der Waals surface area contributed by atoms with Gasteiger partial charge >= 0.3 is 141 Å². The van der Waals surface area contributed by atoms with Crippen LogP contribution in [0, 0.1) is 11.3 Å². The number of fused-ring (bicyclic) bond motifs is 1. The molecule has 1 unspecified atom stereocenters. The topological polar surface area (TPSA) is 70.3 Å². The second-order valence-corrected chi connectivity index (χ2v) is 6.28. The number of pyridine rings is 1. The predicted molar refractivity (Wildman–Crippen MR) is 91.5 cm³/mol. The number of aromatic nitrogens is 4. The van der Waals surface area contributed by atoms with Crippen LogP contribution in [-0.4, -0.2) is 36.6 Å². The molecule has 4 rings (SSSR count). The zero-order valence-electron chi connectivity index (χ0n) is 12.1. The van der Waals surface area contributed by atoms with Crippen LogP contribution in [0.25, 0.3) is 27.8 Å². The van der Waals surface area contributed by atoms with Crippen LogP contribution < -0.4 is 4.48 Å². The van der Waals surface area contributed by atoms with Crippen LogP contribution in [0.15, 0.2) is 55.0 Å². The summed E-state index contributed by atoms with van der Waals surface area (Å²) in [6.07, 6.45) is 5.65. The van der Waals surface area contributed by atoms with Crippen LogP contribution >= 0.6 is 0 Å². The fourth-order valence-corrected chi connectivity index (χ4v) is 3.40. The Kier molecular flexibility index (Phi) is 3.25. The van der Waals surface area contributed by atoms with Crippen molar-refractivity contribution in [3.8, 4) is 22.9 Å². The fourth-order valence-electron chi connectivity index (χ4n) is 2.64. The van der Waals surface area contributed by atoms with Gasteiger partial charge in [-0.05, 0) is 0 Å². The monoisotopic (exact) mass is 361 g/mol. The minimum absolute atomic E-state index is 0.652. The summed E-state index contributed by atoms with van der Waals surface area (Å²) in [7, 11) is 0. The first-order valence-electron chi connectivity index (χ1n) is 7.04. The normalized spacial score (nSPS) is 10.8. The average molecular weight is 361 g/mol. The van der Waals surface area contributed by atoms with Gasteiger partial charge in [-0.2, -0.15) is 0 Å². The Morgan fingerprint density at radius 1 is 1.22 bits per heavy atom. The van der Waals surface area contributed by atoms with Gasteiger partial charge in [-0.1, -0.05) is 0 Å². The van der Waals surface area contributed by atoms with Crippen LogP contribution in [0.1, 0.15) is 5.56 Å². The van der Waals surface area contributed by atoms with E-state index in [1.165, 1.54) is 16.9 Å². The van der Waals surface area contributed by atoms with Crippen molar-refractivity contribution in [2.45, 2.75) is 0 Å². The van der Waals surface area contributed by atoms with Crippen molar-refractivity contribution in [3.63, 3.8) is 0 Å². The maximum atomic E-state index is 9.08. The van der Waals surface area contributed by atoms with E-state index in [9.17, 15) is 0 Å². The van der Waals surface area contributed by atoms with Gasteiger partial charge in [-0.3, -0.25) is 0 Å². The Bertz CT molecular complexity index is 1050. The Labute approximate surface area is 141 Å². The molecule has 0 bridgehead atoms. The van der Waals surface area contributed by atoms with Crippen molar-refractivity contribution in [3.05, 3.63) is 60.6 Å². The summed E-state index contributed by atoms with van der Waals surface area (Å²) in [5.41, 5.74) is 4.53. The van der Waals surface area contributed by atoms with Crippen LogP contribution in [-0.2, 0) is 0 Å². The van der Waals surface area contributed by atoms with Gasteiger partial charge in [-0.15, -0.1) is 0 Å². The molecule has 3 aromatic heterocycles. The van der Waals surface area contributed by atoms with Crippen molar-refractivity contribution >= 4 is 32.4 Å². The number of benzene rings is 1. The number of nitrogens with zero attached hydrogens (tertiary/aromatic N) is 4. The van der Waals surface area contributed by atoms with Gasteiger partial charge in [0.15, 0.2) is 0 Å². The van der Waals surface area contributed by atoms with E-state index in [1.54, 1.807) is 12.3 Å². The molecule has 0 aliphatic heterocycles. The Morgan fingerprint density at radius 2 is 2.13 bits per heavy atom. The zero-order valence-corrected chi connectivity index (χ0v) is 14.5. The quantitative estimate of drug-likeness (QED) is 0.551. The number of nitrogens with one attached hydrogen (secondary N) is 1. The summed E-state index contributed by atoms with van der Waals surface area (Å²) < 4.78 is 2.86. The molecule has 6 heteroatoms. The molecule has 0 aliphatic rings. The van der Waals surface area contributed by atoms with Crippen LogP contribution in [0.4, 0.5) is 0 Å². The summed E-state index contributed by atoms with van der Waals surface area (Å²) in [6, 6.07) is 13.7. The molecule has 5 nitrogen and oxygen atoms in total. The minimum atomic E-state index is 0.652. The third-order valence-electron chi connectivity index (χ3n) is 3.73. The van der Waals surface area contributed by atoms with Crippen molar-refractivity contribution in [1.29, 1.82) is 5.26 Å². The van der Waals surface area contributed by atoms with Gasteiger partial charge in [0.25, 0.3) is 0 Å². The summed E-state index contributed by atoms with van der Waals surface area (Å²) in [5, 5.41) is 14.8. The average Bonchev–Trinajstić information content (AvgIpc) is 3.21. The second-order valence-electron chi connectivity index (χ2n) is 5.14. The van der Waals surface area contributed by atoms with E-state index in [0.29, 0.717) is 5.56 Å². The first kappa shape index (κ1) is 13.8. The molecule has 0 spiro atoms. The second kappa shape index (κ2) is 5.42.